The van der Waals surface area contributed by atoms with E-state index in [9.17, 15) is 14.4 Å². The van der Waals surface area contributed by atoms with Gasteiger partial charge in [-0.1, -0.05) is 0 Å². The minimum Gasteiger partial charge on any atom is -0.493 e. The van der Waals surface area contributed by atoms with Crippen LogP contribution in [-0.4, -0.2) is 47.9 Å². The Labute approximate surface area is 126 Å². The number of nitrogens with zero attached hydrogens (tertiary/aromatic N) is 1. The molecule has 0 aromatic carbocycles. The van der Waals surface area contributed by atoms with E-state index in [2.05, 4.69) is 15.0 Å². The molecule has 1 atom stereocenters. The predicted octanol–water partition coefficient (Wildman–Crippen LogP) is 0.828. The fourth-order valence-corrected chi connectivity index (χ4v) is 1.41. The number of carboxylic acids is 1. The molecular weight excluding hydrogens is 296 g/mol. The van der Waals surface area contributed by atoms with E-state index in [-0.39, 0.29) is 23.8 Å². The number of nitrogens with one attached hydrogen (secondary N) is 1. The zero-order chi connectivity index (χ0) is 16.7. The van der Waals surface area contributed by atoms with Crippen molar-refractivity contribution in [2.24, 2.45) is 0 Å². The molecule has 0 aliphatic rings. The Bertz CT molecular complexity index is 574. The van der Waals surface area contributed by atoms with Crippen molar-refractivity contribution < 1.29 is 33.7 Å². The summed E-state index contributed by atoms with van der Waals surface area (Å²) in [4.78, 5) is 38.1. The molecule has 22 heavy (non-hydrogen) atoms. The molecule has 0 aliphatic heterocycles. The summed E-state index contributed by atoms with van der Waals surface area (Å²) in [5.41, 5.74) is -0.291. The molecule has 0 fully saturated rings. The summed E-state index contributed by atoms with van der Waals surface area (Å²) >= 11 is 0. The molecular formula is C13H16N2O7. The Morgan fingerprint density at radius 1 is 1.41 bits per heavy atom. The molecule has 0 bridgehead atoms. The number of carbonyl (C=O) groups excluding carboxylic acids is 2. The van der Waals surface area contributed by atoms with E-state index in [1.807, 2.05) is 0 Å². The first-order chi connectivity index (χ1) is 10.4. The Kier molecular flexibility index (Phi) is 6.11. The third-order valence-corrected chi connectivity index (χ3v) is 2.47. The van der Waals surface area contributed by atoms with Crippen LogP contribution in [0.15, 0.2) is 12.3 Å². The Hall–Kier alpha value is -2.84. The van der Waals surface area contributed by atoms with Crippen LogP contribution in [0.3, 0.4) is 0 Å². The molecule has 1 amide bonds. The predicted molar refractivity (Wildman–Crippen MR) is 73.0 cm³/mol. The number of pyridine rings is 1. The van der Waals surface area contributed by atoms with Gasteiger partial charge in [0.05, 0.1) is 13.7 Å². The van der Waals surface area contributed by atoms with Gasteiger partial charge in [0, 0.05) is 12.3 Å². The first-order valence-corrected chi connectivity index (χ1v) is 6.32. The van der Waals surface area contributed by atoms with Gasteiger partial charge in [-0.3, -0.25) is 9.59 Å². The van der Waals surface area contributed by atoms with Crippen LogP contribution in [0.1, 0.15) is 24.3 Å². The van der Waals surface area contributed by atoms with Gasteiger partial charge in [0.2, 0.25) is 5.75 Å². The highest BCUT2D eigenvalue weighted by Gasteiger charge is 2.24. The third kappa shape index (κ3) is 4.33. The number of hydrogen-bond acceptors (Lipinski definition) is 7. The summed E-state index contributed by atoms with van der Waals surface area (Å²) in [7, 11) is 1.31. The molecule has 0 saturated heterocycles. The van der Waals surface area contributed by atoms with Crippen molar-refractivity contribution >= 4 is 18.0 Å². The first-order valence-electron chi connectivity index (χ1n) is 6.32. The molecule has 0 saturated carbocycles. The lowest BCUT2D eigenvalue weighted by Gasteiger charge is -2.14. The third-order valence-electron chi connectivity index (χ3n) is 2.47. The lowest BCUT2D eigenvalue weighted by Crippen LogP contribution is -2.39. The van der Waals surface area contributed by atoms with Crippen molar-refractivity contribution in [2.75, 3.05) is 13.7 Å². The van der Waals surface area contributed by atoms with Crippen molar-refractivity contribution in [3.63, 3.8) is 0 Å². The van der Waals surface area contributed by atoms with Crippen LogP contribution in [0, 0.1) is 0 Å². The maximum atomic E-state index is 12.1. The van der Waals surface area contributed by atoms with E-state index in [1.54, 1.807) is 6.92 Å². The van der Waals surface area contributed by atoms with Gasteiger partial charge in [-0.25, -0.2) is 9.78 Å². The Morgan fingerprint density at radius 2 is 2.09 bits per heavy atom. The summed E-state index contributed by atoms with van der Waals surface area (Å²) < 4.78 is 14.5. The van der Waals surface area contributed by atoms with Crippen molar-refractivity contribution in [1.29, 1.82) is 0 Å². The van der Waals surface area contributed by atoms with E-state index in [4.69, 9.17) is 14.6 Å². The van der Waals surface area contributed by atoms with Gasteiger partial charge in [0.15, 0.2) is 11.4 Å². The standard InChI is InChI=1S/C13H16N2O7/c1-4-21-13(19)22-10-8(20-3)5-6-14-9(10)11(16)15-7(2)12(17)18/h5-7H,4H2,1-3H3,(H,15,16)(H,17,18)/t7-/m0/s1. The molecule has 1 aromatic heterocycles. The lowest BCUT2D eigenvalue weighted by molar-refractivity contribution is -0.138. The second kappa shape index (κ2) is 7.81. The quantitative estimate of drug-likeness (QED) is 0.740. The van der Waals surface area contributed by atoms with Crippen LogP contribution < -0.4 is 14.8 Å². The lowest BCUT2D eigenvalue weighted by atomic mass is 10.2. The number of rotatable bonds is 6. The topological polar surface area (TPSA) is 124 Å². The second-order valence-electron chi connectivity index (χ2n) is 4.01. The molecule has 0 spiro atoms. The molecule has 0 unspecified atom stereocenters. The van der Waals surface area contributed by atoms with Crippen molar-refractivity contribution in [3.8, 4) is 11.5 Å². The zero-order valence-electron chi connectivity index (χ0n) is 12.3. The molecule has 9 heteroatoms. The van der Waals surface area contributed by atoms with Crippen LogP contribution in [0.4, 0.5) is 4.79 Å². The van der Waals surface area contributed by atoms with E-state index in [0.29, 0.717) is 0 Å². The molecule has 0 aliphatic carbocycles. The van der Waals surface area contributed by atoms with Crippen molar-refractivity contribution in [2.45, 2.75) is 19.9 Å². The maximum absolute atomic E-state index is 12.1. The molecule has 0 radical (unpaired) electrons. The van der Waals surface area contributed by atoms with Crippen molar-refractivity contribution in [1.82, 2.24) is 10.3 Å². The molecule has 1 heterocycles. The minimum absolute atomic E-state index is 0.0798. The number of carboxylic acid groups (broad SMARTS) is 1. The molecule has 120 valence electrons. The minimum atomic E-state index is -1.22. The van der Waals surface area contributed by atoms with Gasteiger partial charge >= 0.3 is 12.1 Å². The number of ether oxygens (including phenoxy) is 3. The number of methoxy groups -OCH3 is 1. The van der Waals surface area contributed by atoms with Crippen LogP contribution in [0.25, 0.3) is 0 Å². The van der Waals surface area contributed by atoms with Gasteiger partial charge in [0.1, 0.15) is 6.04 Å². The fourth-order valence-electron chi connectivity index (χ4n) is 1.41. The SMILES string of the molecule is CCOC(=O)Oc1c(OC)ccnc1C(=O)N[C@@H](C)C(=O)O. The number of carbonyl (C=O) groups is 3. The first kappa shape index (κ1) is 17.2. The summed E-state index contributed by atoms with van der Waals surface area (Å²) in [5.74, 6) is -2.22. The number of hydrogen-bond donors (Lipinski definition) is 2. The summed E-state index contributed by atoms with van der Waals surface area (Å²) in [6.45, 7) is 2.95. The maximum Gasteiger partial charge on any atom is 0.514 e. The molecule has 2 N–H and O–H groups in total. The van der Waals surface area contributed by atoms with Crippen LogP contribution >= 0.6 is 0 Å². The Balaban J connectivity index is 3.10. The van der Waals surface area contributed by atoms with E-state index in [0.717, 1.165) is 0 Å². The average Bonchev–Trinajstić information content (AvgIpc) is 2.47. The highest BCUT2D eigenvalue weighted by atomic mass is 16.7. The highest BCUT2D eigenvalue weighted by Crippen LogP contribution is 2.29. The smallest absolute Gasteiger partial charge is 0.493 e. The molecule has 1 rings (SSSR count). The van der Waals surface area contributed by atoms with Gasteiger partial charge in [0.25, 0.3) is 5.91 Å². The number of amides is 1. The highest BCUT2D eigenvalue weighted by molar-refractivity contribution is 5.98. The zero-order valence-corrected chi connectivity index (χ0v) is 12.3. The van der Waals surface area contributed by atoms with Gasteiger partial charge in [-0.05, 0) is 13.8 Å². The summed E-state index contributed by atoms with van der Waals surface area (Å²) in [6, 6.07) is 0.238. The van der Waals surface area contributed by atoms with Crippen LogP contribution in [-0.2, 0) is 9.53 Å². The summed E-state index contributed by atoms with van der Waals surface area (Å²) in [6.07, 6.45) is 0.228. The largest absolute Gasteiger partial charge is 0.514 e. The van der Waals surface area contributed by atoms with E-state index in [1.165, 1.54) is 26.3 Å². The van der Waals surface area contributed by atoms with Crippen molar-refractivity contribution in [3.05, 3.63) is 18.0 Å². The Morgan fingerprint density at radius 3 is 2.64 bits per heavy atom. The molecule has 9 nitrogen and oxygen atoms in total. The second-order valence-corrected chi connectivity index (χ2v) is 4.01. The van der Waals surface area contributed by atoms with Gasteiger partial charge in [-0.15, -0.1) is 0 Å². The monoisotopic (exact) mass is 312 g/mol. The molecule has 1 aromatic rings. The van der Waals surface area contributed by atoms with Gasteiger partial charge < -0.3 is 24.6 Å². The summed E-state index contributed by atoms with van der Waals surface area (Å²) in [5, 5.41) is 11.0. The number of aliphatic carboxylic acids is 1. The number of aromatic nitrogens is 1. The van der Waals surface area contributed by atoms with E-state index < -0.39 is 24.1 Å². The van der Waals surface area contributed by atoms with E-state index >= 15 is 0 Å². The normalized spacial score (nSPS) is 11.2. The van der Waals surface area contributed by atoms with Gasteiger partial charge in [-0.2, -0.15) is 0 Å². The fraction of sp³-hybridized carbons (Fsp3) is 0.385. The van der Waals surface area contributed by atoms with Crippen LogP contribution in [0.5, 0.6) is 11.5 Å². The average molecular weight is 312 g/mol. The van der Waals surface area contributed by atoms with Crippen LogP contribution in [0.2, 0.25) is 0 Å².